The Kier molecular flexibility index (Phi) is 3.89. The van der Waals surface area contributed by atoms with Gasteiger partial charge in [-0.25, -0.2) is 4.98 Å². The first-order chi connectivity index (χ1) is 6.65. The highest BCUT2D eigenvalue weighted by atomic mass is 16.5. The van der Waals surface area contributed by atoms with E-state index in [9.17, 15) is 5.11 Å². The van der Waals surface area contributed by atoms with Crippen molar-refractivity contribution in [1.29, 1.82) is 0 Å². The van der Waals surface area contributed by atoms with E-state index in [0.717, 1.165) is 12.0 Å². The largest absolute Gasteiger partial charge is 0.481 e. The zero-order chi connectivity index (χ0) is 10.6. The zero-order valence-electron chi connectivity index (χ0n) is 8.90. The van der Waals surface area contributed by atoms with Crippen molar-refractivity contribution in [2.45, 2.75) is 26.4 Å². The molecule has 0 radical (unpaired) electrons. The average molecular weight is 195 g/mol. The summed E-state index contributed by atoms with van der Waals surface area (Å²) in [6.07, 6.45) is 2.18. The van der Waals surface area contributed by atoms with Crippen molar-refractivity contribution >= 4 is 0 Å². The summed E-state index contributed by atoms with van der Waals surface area (Å²) in [6, 6.07) is 3.86. The van der Waals surface area contributed by atoms with Gasteiger partial charge in [-0.3, -0.25) is 0 Å². The highest BCUT2D eigenvalue weighted by Gasteiger charge is 2.12. The Hall–Kier alpha value is -1.09. The van der Waals surface area contributed by atoms with Crippen molar-refractivity contribution in [3.63, 3.8) is 0 Å². The number of aliphatic hydroxyl groups is 1. The quantitative estimate of drug-likeness (QED) is 0.794. The van der Waals surface area contributed by atoms with Crippen LogP contribution in [0.1, 0.15) is 19.4 Å². The van der Waals surface area contributed by atoms with Crippen molar-refractivity contribution < 1.29 is 9.84 Å². The lowest BCUT2D eigenvalue weighted by Gasteiger charge is -2.15. The van der Waals surface area contributed by atoms with Gasteiger partial charge in [-0.2, -0.15) is 0 Å². The standard InChI is InChI=1S/C11H17NO2/c1-8(9(2)13)7-10-5-4-6-12-11(10)14-3/h4-6,8-9,13H,7H2,1-3H3. The molecule has 2 unspecified atom stereocenters. The number of hydrogen-bond acceptors (Lipinski definition) is 3. The monoisotopic (exact) mass is 195 g/mol. The van der Waals surface area contributed by atoms with Gasteiger partial charge in [0.15, 0.2) is 0 Å². The Bertz CT molecular complexity index is 286. The topological polar surface area (TPSA) is 42.4 Å². The first-order valence-corrected chi connectivity index (χ1v) is 4.81. The minimum absolute atomic E-state index is 0.216. The lowest BCUT2D eigenvalue weighted by molar-refractivity contribution is 0.134. The third kappa shape index (κ3) is 2.70. The van der Waals surface area contributed by atoms with Crippen LogP contribution in [0.15, 0.2) is 18.3 Å². The molecule has 0 amide bonds. The van der Waals surface area contributed by atoms with Crippen molar-refractivity contribution in [2.75, 3.05) is 7.11 Å². The van der Waals surface area contributed by atoms with Crippen LogP contribution in [0, 0.1) is 5.92 Å². The van der Waals surface area contributed by atoms with Gasteiger partial charge in [0.05, 0.1) is 13.2 Å². The summed E-state index contributed by atoms with van der Waals surface area (Å²) in [7, 11) is 1.61. The van der Waals surface area contributed by atoms with Crippen molar-refractivity contribution in [1.82, 2.24) is 4.98 Å². The smallest absolute Gasteiger partial charge is 0.216 e. The predicted molar refractivity (Wildman–Crippen MR) is 55.3 cm³/mol. The molecule has 1 heterocycles. The third-order valence-electron chi connectivity index (χ3n) is 2.41. The molecule has 0 aliphatic heterocycles. The molecule has 1 rings (SSSR count). The van der Waals surface area contributed by atoms with Crippen molar-refractivity contribution in [2.24, 2.45) is 5.92 Å². The fraction of sp³-hybridized carbons (Fsp3) is 0.545. The number of rotatable bonds is 4. The SMILES string of the molecule is COc1ncccc1CC(C)C(C)O. The molecule has 0 saturated carbocycles. The molecule has 3 heteroatoms. The van der Waals surface area contributed by atoms with Gasteiger partial charge in [0.2, 0.25) is 5.88 Å². The number of methoxy groups -OCH3 is 1. The van der Waals surface area contributed by atoms with Crippen molar-refractivity contribution in [3.8, 4) is 5.88 Å². The normalized spacial score (nSPS) is 14.9. The van der Waals surface area contributed by atoms with Crippen LogP contribution in [0.2, 0.25) is 0 Å². The first-order valence-electron chi connectivity index (χ1n) is 4.81. The van der Waals surface area contributed by atoms with Gasteiger partial charge < -0.3 is 9.84 Å². The van der Waals surface area contributed by atoms with E-state index in [1.165, 1.54) is 0 Å². The van der Waals surface area contributed by atoms with Crippen LogP contribution in [0.25, 0.3) is 0 Å². The number of aliphatic hydroxyl groups excluding tert-OH is 1. The van der Waals surface area contributed by atoms with Crippen molar-refractivity contribution in [3.05, 3.63) is 23.9 Å². The molecule has 78 valence electrons. The van der Waals surface area contributed by atoms with Crippen LogP contribution in [-0.4, -0.2) is 23.3 Å². The Balaban J connectivity index is 2.75. The molecule has 0 aromatic carbocycles. The van der Waals surface area contributed by atoms with Gasteiger partial charge in [0.1, 0.15) is 0 Å². The van der Waals surface area contributed by atoms with Crippen LogP contribution >= 0.6 is 0 Å². The Labute approximate surface area is 84.7 Å². The molecule has 1 N–H and O–H groups in total. The Morgan fingerprint density at radius 3 is 2.79 bits per heavy atom. The van der Waals surface area contributed by atoms with E-state index >= 15 is 0 Å². The van der Waals surface area contributed by atoms with Gasteiger partial charge >= 0.3 is 0 Å². The second-order valence-corrected chi connectivity index (χ2v) is 3.59. The fourth-order valence-electron chi connectivity index (χ4n) is 1.28. The first kappa shape index (κ1) is 11.0. The van der Waals surface area contributed by atoms with E-state index in [2.05, 4.69) is 4.98 Å². The minimum atomic E-state index is -0.306. The van der Waals surface area contributed by atoms with Crippen LogP contribution < -0.4 is 4.74 Å². The molecular weight excluding hydrogens is 178 g/mol. The lowest BCUT2D eigenvalue weighted by Crippen LogP contribution is -2.16. The maximum atomic E-state index is 9.38. The van der Waals surface area contributed by atoms with Crippen LogP contribution in [0.5, 0.6) is 5.88 Å². The summed E-state index contributed by atoms with van der Waals surface area (Å²) in [4.78, 5) is 4.11. The molecule has 1 aromatic rings. The molecule has 2 atom stereocenters. The number of hydrogen-bond donors (Lipinski definition) is 1. The number of nitrogens with zero attached hydrogens (tertiary/aromatic N) is 1. The predicted octanol–water partition coefficient (Wildman–Crippen LogP) is 1.65. The Morgan fingerprint density at radius 1 is 1.50 bits per heavy atom. The van der Waals surface area contributed by atoms with Crippen LogP contribution in [0.3, 0.4) is 0 Å². The highest BCUT2D eigenvalue weighted by Crippen LogP contribution is 2.19. The molecule has 3 nitrogen and oxygen atoms in total. The molecule has 0 saturated heterocycles. The van der Waals surface area contributed by atoms with E-state index < -0.39 is 0 Å². The zero-order valence-corrected chi connectivity index (χ0v) is 8.90. The van der Waals surface area contributed by atoms with Gasteiger partial charge in [0, 0.05) is 11.8 Å². The van der Waals surface area contributed by atoms with Gasteiger partial charge in [-0.15, -0.1) is 0 Å². The summed E-state index contributed by atoms with van der Waals surface area (Å²) in [6.45, 7) is 3.81. The molecular formula is C11H17NO2. The molecule has 0 fully saturated rings. The number of ether oxygens (including phenoxy) is 1. The average Bonchev–Trinajstić information content (AvgIpc) is 2.18. The summed E-state index contributed by atoms with van der Waals surface area (Å²) in [5, 5.41) is 9.38. The fourth-order valence-corrected chi connectivity index (χ4v) is 1.28. The summed E-state index contributed by atoms with van der Waals surface area (Å²) < 4.78 is 5.13. The third-order valence-corrected chi connectivity index (χ3v) is 2.41. The maximum absolute atomic E-state index is 9.38. The molecule has 0 aliphatic carbocycles. The second kappa shape index (κ2) is 4.96. The second-order valence-electron chi connectivity index (χ2n) is 3.59. The minimum Gasteiger partial charge on any atom is -0.481 e. The van der Waals surface area contributed by atoms with E-state index in [4.69, 9.17) is 4.74 Å². The lowest BCUT2D eigenvalue weighted by atomic mass is 9.97. The summed E-state index contributed by atoms with van der Waals surface area (Å²) in [5.74, 6) is 0.869. The molecule has 0 spiro atoms. The van der Waals surface area contributed by atoms with E-state index in [1.54, 1.807) is 20.2 Å². The van der Waals surface area contributed by atoms with Gasteiger partial charge in [0.25, 0.3) is 0 Å². The van der Waals surface area contributed by atoms with E-state index in [0.29, 0.717) is 5.88 Å². The van der Waals surface area contributed by atoms with Crippen LogP contribution in [-0.2, 0) is 6.42 Å². The molecule has 1 aromatic heterocycles. The van der Waals surface area contributed by atoms with E-state index in [1.807, 2.05) is 19.1 Å². The molecule has 14 heavy (non-hydrogen) atoms. The number of pyridine rings is 1. The highest BCUT2D eigenvalue weighted by molar-refractivity contribution is 5.25. The Morgan fingerprint density at radius 2 is 2.21 bits per heavy atom. The molecule has 0 bridgehead atoms. The van der Waals surface area contributed by atoms with Crippen LogP contribution in [0.4, 0.5) is 0 Å². The van der Waals surface area contributed by atoms with Gasteiger partial charge in [-0.1, -0.05) is 13.0 Å². The molecule has 0 aliphatic rings. The summed E-state index contributed by atoms with van der Waals surface area (Å²) in [5.41, 5.74) is 1.04. The maximum Gasteiger partial charge on any atom is 0.216 e. The summed E-state index contributed by atoms with van der Waals surface area (Å²) >= 11 is 0. The van der Waals surface area contributed by atoms with E-state index in [-0.39, 0.29) is 12.0 Å². The number of aromatic nitrogens is 1. The van der Waals surface area contributed by atoms with Gasteiger partial charge in [-0.05, 0) is 25.3 Å².